The minimum absolute atomic E-state index is 0. The van der Waals surface area contributed by atoms with E-state index in [4.69, 9.17) is 0 Å². The SMILES string of the molecule is Brc1[c-]cc(Br)s1.[Li+]. The first-order valence-corrected chi connectivity index (χ1v) is 4.02. The number of rotatable bonds is 0. The van der Waals surface area contributed by atoms with Gasteiger partial charge < -0.3 is 0 Å². The molecule has 0 N–H and O–H groups in total. The summed E-state index contributed by atoms with van der Waals surface area (Å²) in [6.45, 7) is 0. The minimum Gasteiger partial charge on any atom is -0.243 e. The summed E-state index contributed by atoms with van der Waals surface area (Å²) < 4.78 is 2.15. The van der Waals surface area contributed by atoms with E-state index in [0.717, 1.165) is 7.57 Å². The van der Waals surface area contributed by atoms with Crippen molar-refractivity contribution in [3.8, 4) is 0 Å². The molecule has 1 aromatic rings. The zero-order valence-electron chi connectivity index (χ0n) is 4.24. The Bertz CT molecular complexity index is 146. The van der Waals surface area contributed by atoms with Crippen molar-refractivity contribution in [2.45, 2.75) is 0 Å². The van der Waals surface area contributed by atoms with Crippen LogP contribution in [0.25, 0.3) is 0 Å². The van der Waals surface area contributed by atoms with Gasteiger partial charge in [0.15, 0.2) is 0 Å². The summed E-state index contributed by atoms with van der Waals surface area (Å²) in [6.07, 6.45) is 0. The maximum Gasteiger partial charge on any atom is 1.00 e. The molecule has 1 rings (SSSR count). The minimum atomic E-state index is 0. The van der Waals surface area contributed by atoms with Crippen molar-refractivity contribution >= 4 is 43.2 Å². The molecular weight excluding hydrogens is 247 g/mol. The van der Waals surface area contributed by atoms with E-state index < -0.39 is 0 Å². The van der Waals surface area contributed by atoms with Crippen LogP contribution >= 0.6 is 43.2 Å². The molecule has 0 radical (unpaired) electrons. The molecule has 0 aliphatic carbocycles. The molecule has 0 unspecified atom stereocenters. The van der Waals surface area contributed by atoms with Crippen molar-refractivity contribution in [2.24, 2.45) is 0 Å². The van der Waals surface area contributed by atoms with Crippen LogP contribution in [0.1, 0.15) is 0 Å². The van der Waals surface area contributed by atoms with E-state index in [2.05, 4.69) is 37.9 Å². The number of thiophene rings is 1. The van der Waals surface area contributed by atoms with Gasteiger partial charge in [-0.05, 0) is 3.79 Å². The van der Waals surface area contributed by atoms with Gasteiger partial charge in [-0.25, -0.2) is 23.5 Å². The van der Waals surface area contributed by atoms with E-state index in [1.165, 1.54) is 0 Å². The van der Waals surface area contributed by atoms with Gasteiger partial charge in [0.1, 0.15) is 0 Å². The summed E-state index contributed by atoms with van der Waals surface area (Å²) in [5, 5.41) is 0. The molecule has 1 aromatic heterocycles. The Hall–Kier alpha value is 1.26. The quantitative estimate of drug-likeness (QED) is 0.450. The second kappa shape index (κ2) is 4.13. The van der Waals surface area contributed by atoms with Crippen LogP contribution in [0.15, 0.2) is 13.6 Å². The second-order valence-electron chi connectivity index (χ2n) is 0.969. The Morgan fingerprint density at radius 1 is 1.50 bits per heavy atom. The Kier molecular flexibility index (Phi) is 4.78. The first kappa shape index (κ1) is 9.26. The fraction of sp³-hybridized carbons (Fsp3) is 0. The molecule has 0 atom stereocenters. The monoisotopic (exact) mass is 246 g/mol. The van der Waals surface area contributed by atoms with Gasteiger partial charge in [0.05, 0.1) is 0 Å². The van der Waals surface area contributed by atoms with E-state index in [-0.39, 0.29) is 18.9 Å². The Morgan fingerprint density at radius 3 is 2.25 bits per heavy atom. The van der Waals surface area contributed by atoms with Crippen molar-refractivity contribution < 1.29 is 18.9 Å². The van der Waals surface area contributed by atoms with Crippen LogP contribution in [0.3, 0.4) is 0 Å². The van der Waals surface area contributed by atoms with Crippen LogP contribution in [0, 0.1) is 6.07 Å². The molecule has 0 aliphatic rings. The Balaban J connectivity index is 0.000000490. The Labute approximate surface area is 81.1 Å². The first-order valence-electron chi connectivity index (χ1n) is 1.61. The standard InChI is InChI=1S/C4HBr2S.Li/c5-3-1-2-4(6)7-3;/h1H;/q-1;+1. The van der Waals surface area contributed by atoms with Gasteiger partial charge in [0.2, 0.25) is 0 Å². The molecule has 0 spiro atoms. The van der Waals surface area contributed by atoms with Crippen LogP contribution in [-0.2, 0) is 0 Å². The molecule has 0 nitrogen and oxygen atoms in total. The number of halogens is 2. The zero-order valence-corrected chi connectivity index (χ0v) is 8.23. The Morgan fingerprint density at radius 2 is 2.12 bits per heavy atom. The van der Waals surface area contributed by atoms with E-state index >= 15 is 0 Å². The predicted octanol–water partition coefficient (Wildman–Crippen LogP) is 0.0773. The van der Waals surface area contributed by atoms with Gasteiger partial charge in [-0.3, -0.25) is 0 Å². The zero-order chi connectivity index (χ0) is 5.28. The fourth-order valence-corrected chi connectivity index (χ4v) is 2.55. The third kappa shape index (κ3) is 2.70. The molecule has 4 heteroatoms. The van der Waals surface area contributed by atoms with Crippen molar-refractivity contribution in [1.29, 1.82) is 0 Å². The van der Waals surface area contributed by atoms with Crippen LogP contribution < -0.4 is 18.9 Å². The maximum absolute atomic E-state index is 3.29. The van der Waals surface area contributed by atoms with Gasteiger partial charge in [-0.2, -0.15) is 15.9 Å². The molecular formula is C4HBr2LiS. The summed E-state index contributed by atoms with van der Waals surface area (Å²) in [5.41, 5.74) is 0. The molecule has 38 valence electrons. The fourth-order valence-electron chi connectivity index (χ4n) is 0.258. The van der Waals surface area contributed by atoms with Crippen LogP contribution in [0.2, 0.25) is 0 Å². The van der Waals surface area contributed by atoms with Gasteiger partial charge in [0.25, 0.3) is 0 Å². The van der Waals surface area contributed by atoms with Gasteiger partial charge in [-0.15, -0.1) is 0 Å². The topological polar surface area (TPSA) is 0 Å². The molecule has 0 amide bonds. The molecule has 0 aliphatic heterocycles. The molecule has 0 saturated carbocycles. The molecule has 1 heterocycles. The second-order valence-corrected chi connectivity index (χ2v) is 4.72. The largest absolute Gasteiger partial charge is 1.00 e. The molecule has 0 bridgehead atoms. The van der Waals surface area contributed by atoms with Crippen LogP contribution in [0.5, 0.6) is 0 Å². The third-order valence-electron chi connectivity index (χ3n) is 0.486. The number of hydrogen-bond acceptors (Lipinski definition) is 1. The summed E-state index contributed by atoms with van der Waals surface area (Å²) in [5.74, 6) is 0. The van der Waals surface area contributed by atoms with Gasteiger partial charge in [0, 0.05) is 0 Å². The summed E-state index contributed by atoms with van der Waals surface area (Å²) in [7, 11) is 0. The van der Waals surface area contributed by atoms with Crippen molar-refractivity contribution in [3.05, 3.63) is 19.7 Å². The number of hydrogen-bond donors (Lipinski definition) is 0. The predicted molar refractivity (Wildman–Crippen MR) is 38.6 cm³/mol. The summed E-state index contributed by atoms with van der Waals surface area (Å²) in [4.78, 5) is 0. The molecule has 0 fully saturated rings. The molecule has 0 saturated heterocycles. The van der Waals surface area contributed by atoms with Crippen LogP contribution in [0.4, 0.5) is 0 Å². The third-order valence-corrected chi connectivity index (χ3v) is 2.53. The smallest absolute Gasteiger partial charge is 0.243 e. The first-order chi connectivity index (χ1) is 3.29. The van der Waals surface area contributed by atoms with Gasteiger partial charge in [-0.1, -0.05) is 19.7 Å². The normalized spacial score (nSPS) is 8.25. The average Bonchev–Trinajstić information content (AvgIpc) is 1.87. The van der Waals surface area contributed by atoms with Crippen molar-refractivity contribution in [2.75, 3.05) is 0 Å². The summed E-state index contributed by atoms with van der Waals surface area (Å²) >= 11 is 8.17. The van der Waals surface area contributed by atoms with Crippen molar-refractivity contribution in [3.63, 3.8) is 0 Å². The van der Waals surface area contributed by atoms with Gasteiger partial charge >= 0.3 is 18.9 Å². The van der Waals surface area contributed by atoms with E-state index in [0.29, 0.717) is 0 Å². The molecule has 0 aromatic carbocycles. The van der Waals surface area contributed by atoms with Crippen LogP contribution in [-0.4, -0.2) is 0 Å². The summed E-state index contributed by atoms with van der Waals surface area (Å²) in [6, 6.07) is 4.84. The average molecular weight is 248 g/mol. The van der Waals surface area contributed by atoms with E-state index in [1.807, 2.05) is 6.07 Å². The van der Waals surface area contributed by atoms with E-state index in [1.54, 1.807) is 11.3 Å². The molecule has 8 heavy (non-hydrogen) atoms. The van der Waals surface area contributed by atoms with E-state index in [9.17, 15) is 0 Å². The maximum atomic E-state index is 3.29. The van der Waals surface area contributed by atoms with Crippen molar-refractivity contribution in [1.82, 2.24) is 0 Å².